The summed E-state index contributed by atoms with van der Waals surface area (Å²) in [5.41, 5.74) is 1.31. The fraction of sp³-hybridized carbons (Fsp3) is 0.333. The number of benzene rings is 1. The van der Waals surface area contributed by atoms with Gasteiger partial charge in [0.2, 0.25) is 0 Å². The van der Waals surface area contributed by atoms with Gasteiger partial charge in [0.25, 0.3) is 0 Å². The molecule has 0 aliphatic carbocycles. The van der Waals surface area contributed by atoms with E-state index >= 15 is 0 Å². The number of aromatic nitrogens is 2. The van der Waals surface area contributed by atoms with E-state index < -0.39 is 0 Å². The van der Waals surface area contributed by atoms with Crippen LogP contribution in [0.5, 0.6) is 5.75 Å². The average Bonchev–Trinajstić information content (AvgIpc) is 2.92. The first kappa shape index (κ1) is 16.8. The number of rotatable bonds is 6. The zero-order valence-electron chi connectivity index (χ0n) is 13.9. The van der Waals surface area contributed by atoms with Crippen LogP contribution in [0.4, 0.5) is 0 Å². The van der Waals surface area contributed by atoms with Gasteiger partial charge in [-0.05, 0) is 44.5 Å². The smallest absolute Gasteiger partial charge is 0.341 e. The Morgan fingerprint density at radius 1 is 1.30 bits per heavy atom. The summed E-state index contributed by atoms with van der Waals surface area (Å²) >= 11 is 0. The van der Waals surface area contributed by atoms with Crippen LogP contribution in [-0.2, 0) is 16.6 Å². The summed E-state index contributed by atoms with van der Waals surface area (Å²) in [6.45, 7) is 6.06. The second kappa shape index (κ2) is 7.63. The zero-order chi connectivity index (χ0) is 16.8. The Morgan fingerprint density at radius 3 is 2.52 bits per heavy atom. The average molecular weight is 314 g/mol. The quantitative estimate of drug-likeness (QED) is 0.606. The molecule has 0 fully saturated rings. The first-order valence-electron chi connectivity index (χ1n) is 7.64. The van der Waals surface area contributed by atoms with Crippen molar-refractivity contribution >= 4 is 17.6 Å². The van der Waals surface area contributed by atoms with Gasteiger partial charge in [-0.25, -0.2) is 9.78 Å². The fourth-order valence-corrected chi connectivity index (χ4v) is 2.13. The van der Waals surface area contributed by atoms with E-state index in [1.54, 1.807) is 30.0 Å². The first-order valence-corrected chi connectivity index (χ1v) is 7.64. The number of carbonyl (C=O) groups excluding carboxylic acids is 1. The molecule has 0 bridgehead atoms. The molecule has 0 N–H and O–H groups in total. The molecule has 1 heterocycles. The van der Waals surface area contributed by atoms with Crippen LogP contribution in [-0.4, -0.2) is 28.2 Å². The lowest BCUT2D eigenvalue weighted by atomic mass is 10.1. The van der Waals surface area contributed by atoms with Crippen LogP contribution in [0.3, 0.4) is 0 Å². The molecule has 0 saturated carbocycles. The minimum atomic E-state index is -0.385. The van der Waals surface area contributed by atoms with Gasteiger partial charge < -0.3 is 14.0 Å². The van der Waals surface area contributed by atoms with E-state index in [4.69, 9.17) is 9.47 Å². The summed E-state index contributed by atoms with van der Waals surface area (Å²) in [5.74, 6) is 0.988. The Morgan fingerprint density at radius 2 is 2.00 bits per heavy atom. The van der Waals surface area contributed by atoms with Gasteiger partial charge in [-0.3, -0.25) is 0 Å². The van der Waals surface area contributed by atoms with Crippen molar-refractivity contribution in [3.63, 3.8) is 0 Å². The molecule has 0 saturated heterocycles. The Kier molecular flexibility index (Phi) is 5.57. The summed E-state index contributed by atoms with van der Waals surface area (Å²) in [7, 11) is 1.84. The molecule has 0 amide bonds. The van der Waals surface area contributed by atoms with Gasteiger partial charge in [-0.2, -0.15) is 0 Å². The molecule has 5 heteroatoms. The van der Waals surface area contributed by atoms with Crippen LogP contribution in [0.2, 0.25) is 0 Å². The number of carbonyl (C=O) groups is 1. The monoisotopic (exact) mass is 314 g/mol. The Bertz CT molecular complexity index is 685. The van der Waals surface area contributed by atoms with E-state index in [0.29, 0.717) is 18.0 Å². The SMILES string of the molecule is CCOC(=O)/C(=C/c1ccc(OC(C)C)cc1)c1nccn1C. The molecule has 0 unspecified atom stereocenters. The maximum Gasteiger partial charge on any atom is 0.341 e. The van der Waals surface area contributed by atoms with E-state index in [0.717, 1.165) is 11.3 Å². The number of hydrogen-bond donors (Lipinski definition) is 0. The van der Waals surface area contributed by atoms with Gasteiger partial charge in [0.15, 0.2) is 0 Å². The molecule has 0 aliphatic rings. The van der Waals surface area contributed by atoms with Gasteiger partial charge in [-0.1, -0.05) is 12.1 Å². The molecule has 5 nitrogen and oxygen atoms in total. The van der Waals surface area contributed by atoms with Gasteiger partial charge in [0.05, 0.1) is 12.7 Å². The lowest BCUT2D eigenvalue weighted by Gasteiger charge is -2.10. The topological polar surface area (TPSA) is 53.4 Å². The van der Waals surface area contributed by atoms with Crippen LogP contribution in [0.1, 0.15) is 32.2 Å². The maximum absolute atomic E-state index is 12.2. The van der Waals surface area contributed by atoms with Crippen molar-refractivity contribution in [2.75, 3.05) is 6.61 Å². The highest BCUT2D eigenvalue weighted by atomic mass is 16.5. The molecular formula is C18H22N2O3. The van der Waals surface area contributed by atoms with E-state index in [-0.39, 0.29) is 12.1 Å². The van der Waals surface area contributed by atoms with Crippen molar-refractivity contribution in [3.05, 3.63) is 48.0 Å². The molecule has 0 radical (unpaired) electrons. The summed E-state index contributed by atoms with van der Waals surface area (Å²) in [5, 5.41) is 0. The van der Waals surface area contributed by atoms with Crippen molar-refractivity contribution in [1.82, 2.24) is 9.55 Å². The molecule has 0 aliphatic heterocycles. The molecular weight excluding hydrogens is 292 g/mol. The van der Waals surface area contributed by atoms with Crippen LogP contribution >= 0.6 is 0 Å². The summed E-state index contributed by atoms with van der Waals surface area (Å²) < 4.78 is 12.6. The van der Waals surface area contributed by atoms with Crippen LogP contribution < -0.4 is 4.74 Å². The normalized spacial score (nSPS) is 11.6. The summed E-state index contributed by atoms with van der Waals surface area (Å²) in [4.78, 5) is 16.5. The lowest BCUT2D eigenvalue weighted by Crippen LogP contribution is -2.10. The third-order valence-electron chi connectivity index (χ3n) is 3.12. The molecule has 0 atom stereocenters. The number of esters is 1. The number of imidazole rings is 1. The van der Waals surface area contributed by atoms with Crippen molar-refractivity contribution < 1.29 is 14.3 Å². The van der Waals surface area contributed by atoms with Crippen molar-refractivity contribution in [3.8, 4) is 5.75 Å². The van der Waals surface area contributed by atoms with Gasteiger partial charge in [0.1, 0.15) is 17.1 Å². The van der Waals surface area contributed by atoms with Crippen molar-refractivity contribution in [1.29, 1.82) is 0 Å². The van der Waals surface area contributed by atoms with E-state index in [2.05, 4.69) is 4.98 Å². The lowest BCUT2D eigenvalue weighted by molar-refractivity contribution is -0.136. The van der Waals surface area contributed by atoms with E-state index in [9.17, 15) is 4.79 Å². The minimum Gasteiger partial charge on any atom is -0.491 e. The largest absolute Gasteiger partial charge is 0.491 e. The highest BCUT2D eigenvalue weighted by Gasteiger charge is 2.17. The van der Waals surface area contributed by atoms with Crippen molar-refractivity contribution in [2.24, 2.45) is 7.05 Å². The van der Waals surface area contributed by atoms with Crippen LogP contribution in [0, 0.1) is 0 Å². The first-order chi connectivity index (χ1) is 11.0. The Hall–Kier alpha value is -2.56. The Balaban J connectivity index is 2.33. The highest BCUT2D eigenvalue weighted by molar-refractivity contribution is 6.20. The van der Waals surface area contributed by atoms with Gasteiger partial charge in [0, 0.05) is 19.4 Å². The van der Waals surface area contributed by atoms with Crippen LogP contribution in [0.15, 0.2) is 36.7 Å². The summed E-state index contributed by atoms with van der Waals surface area (Å²) in [6, 6.07) is 7.57. The van der Waals surface area contributed by atoms with E-state index in [1.165, 1.54) is 0 Å². The molecule has 2 aromatic rings. The molecule has 1 aromatic carbocycles. The van der Waals surface area contributed by atoms with Crippen molar-refractivity contribution in [2.45, 2.75) is 26.9 Å². The zero-order valence-corrected chi connectivity index (χ0v) is 13.9. The molecule has 23 heavy (non-hydrogen) atoms. The predicted molar refractivity (Wildman–Crippen MR) is 89.9 cm³/mol. The molecule has 1 aromatic heterocycles. The second-order valence-electron chi connectivity index (χ2n) is 5.38. The maximum atomic E-state index is 12.2. The standard InChI is InChI=1S/C18H22N2O3/c1-5-22-18(21)16(17-19-10-11-20(17)4)12-14-6-8-15(9-7-14)23-13(2)3/h6-13H,5H2,1-4H3/b16-12+. The predicted octanol–water partition coefficient (Wildman–Crippen LogP) is 3.31. The fourth-order valence-electron chi connectivity index (χ4n) is 2.13. The van der Waals surface area contributed by atoms with Gasteiger partial charge in [-0.15, -0.1) is 0 Å². The minimum absolute atomic E-state index is 0.124. The highest BCUT2D eigenvalue weighted by Crippen LogP contribution is 2.20. The summed E-state index contributed by atoms with van der Waals surface area (Å²) in [6.07, 6.45) is 5.35. The van der Waals surface area contributed by atoms with Crippen LogP contribution in [0.25, 0.3) is 11.6 Å². The molecule has 0 spiro atoms. The third-order valence-corrected chi connectivity index (χ3v) is 3.12. The number of ether oxygens (including phenoxy) is 2. The number of hydrogen-bond acceptors (Lipinski definition) is 4. The Labute approximate surface area is 136 Å². The molecule has 2 rings (SSSR count). The van der Waals surface area contributed by atoms with Gasteiger partial charge >= 0.3 is 5.97 Å². The third kappa shape index (κ3) is 4.45. The number of nitrogens with zero attached hydrogens (tertiary/aromatic N) is 2. The second-order valence-corrected chi connectivity index (χ2v) is 5.38. The van der Waals surface area contributed by atoms with E-state index in [1.807, 2.05) is 45.2 Å². The number of aryl methyl sites for hydroxylation is 1. The molecule has 122 valence electrons.